The van der Waals surface area contributed by atoms with Crippen molar-refractivity contribution in [2.24, 2.45) is 5.92 Å². The Labute approximate surface area is 106 Å². The van der Waals surface area contributed by atoms with Crippen LogP contribution in [0.3, 0.4) is 0 Å². The molecule has 1 aromatic rings. The number of pyridine rings is 1. The molecule has 96 valence electrons. The first-order valence-electron chi connectivity index (χ1n) is 6.93. The molecule has 1 saturated carbocycles. The summed E-state index contributed by atoms with van der Waals surface area (Å²) < 4.78 is 0. The maximum absolute atomic E-state index is 4.50. The second-order valence-electron chi connectivity index (χ2n) is 4.54. The zero-order valence-electron chi connectivity index (χ0n) is 11.7. The zero-order valence-corrected chi connectivity index (χ0v) is 11.7. The highest BCUT2D eigenvalue weighted by atomic mass is 14.9. The fourth-order valence-electron chi connectivity index (χ4n) is 2.22. The minimum Gasteiger partial charge on any atom is -0.317 e. The lowest BCUT2D eigenvalue weighted by Gasteiger charge is -2.34. The zero-order chi connectivity index (χ0) is 12.7. The first-order chi connectivity index (χ1) is 8.31. The van der Waals surface area contributed by atoms with E-state index < -0.39 is 0 Å². The highest BCUT2D eigenvalue weighted by molar-refractivity contribution is 5.14. The molecule has 1 aliphatic rings. The highest BCUT2D eigenvalue weighted by Crippen LogP contribution is 2.29. The van der Waals surface area contributed by atoms with Gasteiger partial charge in [0.25, 0.3) is 0 Å². The summed E-state index contributed by atoms with van der Waals surface area (Å²) in [5, 5.41) is 3.31. The Balaban J connectivity index is 0.000000686. The number of aromatic nitrogens is 1. The summed E-state index contributed by atoms with van der Waals surface area (Å²) in [6.45, 7) is 6.17. The summed E-state index contributed by atoms with van der Waals surface area (Å²) in [6.07, 6.45) is 6.88. The van der Waals surface area contributed by atoms with Gasteiger partial charge in [-0.05, 0) is 50.3 Å². The summed E-state index contributed by atoms with van der Waals surface area (Å²) in [4.78, 5) is 4.50. The molecule has 2 rings (SSSR count). The van der Waals surface area contributed by atoms with Gasteiger partial charge in [0.2, 0.25) is 0 Å². The van der Waals surface area contributed by atoms with Crippen LogP contribution in [0.25, 0.3) is 0 Å². The molecule has 0 aromatic carbocycles. The van der Waals surface area contributed by atoms with Crippen LogP contribution in [-0.4, -0.2) is 18.1 Å². The molecule has 0 atom stereocenters. The van der Waals surface area contributed by atoms with E-state index in [1.165, 1.54) is 24.1 Å². The van der Waals surface area contributed by atoms with Crippen LogP contribution >= 0.6 is 0 Å². The molecule has 2 nitrogen and oxygen atoms in total. The molecule has 0 amide bonds. The largest absolute Gasteiger partial charge is 0.317 e. The van der Waals surface area contributed by atoms with Crippen molar-refractivity contribution in [3.05, 3.63) is 29.6 Å². The van der Waals surface area contributed by atoms with Crippen molar-refractivity contribution in [3.8, 4) is 0 Å². The van der Waals surface area contributed by atoms with Crippen LogP contribution in [0.2, 0.25) is 0 Å². The van der Waals surface area contributed by atoms with E-state index in [0.717, 1.165) is 24.8 Å². The number of hydrogen-bond acceptors (Lipinski definition) is 2. The Morgan fingerprint density at radius 2 is 2.00 bits per heavy atom. The second kappa shape index (κ2) is 7.44. The van der Waals surface area contributed by atoms with E-state index in [1.807, 2.05) is 20.0 Å². The standard InChI is InChI=1S/C13H20N2.C2H6/c1-3-10-4-5-12(15-9-10)6-11-7-13(8-11)14-2;1-2/h4-5,9,11,13-14H,3,6-8H2,1-2H3;1-2H3. The number of nitrogens with zero attached hydrogens (tertiary/aromatic N) is 1. The van der Waals surface area contributed by atoms with Gasteiger partial charge in [0.05, 0.1) is 0 Å². The van der Waals surface area contributed by atoms with Gasteiger partial charge in [-0.3, -0.25) is 4.98 Å². The van der Waals surface area contributed by atoms with Crippen molar-refractivity contribution in [2.45, 2.75) is 52.5 Å². The van der Waals surface area contributed by atoms with Crippen molar-refractivity contribution in [3.63, 3.8) is 0 Å². The Morgan fingerprint density at radius 1 is 1.29 bits per heavy atom. The first-order valence-corrected chi connectivity index (χ1v) is 6.93. The molecular weight excluding hydrogens is 208 g/mol. The van der Waals surface area contributed by atoms with Crippen LogP contribution in [0, 0.1) is 5.92 Å². The van der Waals surface area contributed by atoms with Gasteiger partial charge in [-0.25, -0.2) is 0 Å². The Kier molecular flexibility index (Phi) is 6.20. The van der Waals surface area contributed by atoms with Crippen molar-refractivity contribution >= 4 is 0 Å². The molecule has 1 heterocycles. The van der Waals surface area contributed by atoms with E-state index in [-0.39, 0.29) is 0 Å². The fourth-order valence-corrected chi connectivity index (χ4v) is 2.22. The quantitative estimate of drug-likeness (QED) is 0.865. The summed E-state index contributed by atoms with van der Waals surface area (Å²) in [5.74, 6) is 0.849. The van der Waals surface area contributed by atoms with Crippen LogP contribution < -0.4 is 5.32 Å². The van der Waals surface area contributed by atoms with Gasteiger partial charge in [0.15, 0.2) is 0 Å². The number of aryl methyl sites for hydroxylation is 1. The molecule has 2 heteroatoms. The minimum atomic E-state index is 0.755. The molecule has 0 radical (unpaired) electrons. The van der Waals surface area contributed by atoms with E-state index in [9.17, 15) is 0 Å². The van der Waals surface area contributed by atoms with Gasteiger partial charge in [-0.2, -0.15) is 0 Å². The van der Waals surface area contributed by atoms with Crippen molar-refractivity contribution in [1.29, 1.82) is 0 Å². The molecule has 17 heavy (non-hydrogen) atoms. The van der Waals surface area contributed by atoms with Gasteiger partial charge in [-0.1, -0.05) is 26.8 Å². The van der Waals surface area contributed by atoms with Gasteiger partial charge in [0.1, 0.15) is 0 Å². The van der Waals surface area contributed by atoms with Crippen LogP contribution in [0.5, 0.6) is 0 Å². The number of rotatable bonds is 4. The maximum Gasteiger partial charge on any atom is 0.0406 e. The molecule has 0 aliphatic heterocycles. The molecule has 1 aromatic heterocycles. The third-order valence-corrected chi connectivity index (χ3v) is 3.44. The van der Waals surface area contributed by atoms with Crippen LogP contribution in [0.15, 0.2) is 18.3 Å². The maximum atomic E-state index is 4.50. The van der Waals surface area contributed by atoms with Gasteiger partial charge < -0.3 is 5.32 Å². The summed E-state index contributed by atoms with van der Waals surface area (Å²) in [5.41, 5.74) is 2.59. The SMILES string of the molecule is CC.CCc1ccc(CC2CC(NC)C2)nc1. The van der Waals surface area contributed by atoms with E-state index >= 15 is 0 Å². The van der Waals surface area contributed by atoms with Crippen molar-refractivity contribution in [2.75, 3.05) is 7.05 Å². The normalized spacial score (nSPS) is 22.4. The summed E-state index contributed by atoms with van der Waals surface area (Å²) in [6, 6.07) is 5.15. The van der Waals surface area contributed by atoms with Gasteiger partial charge >= 0.3 is 0 Å². The van der Waals surface area contributed by atoms with E-state index in [1.54, 1.807) is 0 Å². The van der Waals surface area contributed by atoms with Gasteiger partial charge in [-0.15, -0.1) is 0 Å². The highest BCUT2D eigenvalue weighted by Gasteiger charge is 2.27. The third kappa shape index (κ3) is 4.12. The molecule has 1 N–H and O–H groups in total. The van der Waals surface area contributed by atoms with Crippen molar-refractivity contribution < 1.29 is 0 Å². The van der Waals surface area contributed by atoms with Crippen LogP contribution in [0.1, 0.15) is 44.9 Å². The molecule has 0 spiro atoms. The van der Waals surface area contributed by atoms with E-state index in [2.05, 4.69) is 36.4 Å². The average molecular weight is 234 g/mol. The van der Waals surface area contributed by atoms with Crippen LogP contribution in [-0.2, 0) is 12.8 Å². The monoisotopic (exact) mass is 234 g/mol. The lowest BCUT2D eigenvalue weighted by atomic mass is 9.77. The van der Waals surface area contributed by atoms with Gasteiger partial charge in [0, 0.05) is 17.9 Å². The predicted octanol–water partition coefficient (Wildman–Crippen LogP) is 3.21. The second-order valence-corrected chi connectivity index (χ2v) is 4.54. The molecule has 1 aliphatic carbocycles. The number of hydrogen-bond donors (Lipinski definition) is 1. The van der Waals surface area contributed by atoms with E-state index in [4.69, 9.17) is 0 Å². The molecular formula is C15H26N2. The Morgan fingerprint density at radius 3 is 2.47 bits per heavy atom. The predicted molar refractivity (Wildman–Crippen MR) is 74.2 cm³/mol. The molecule has 0 unspecified atom stereocenters. The average Bonchev–Trinajstić information content (AvgIpc) is 2.36. The molecule has 0 saturated heterocycles. The third-order valence-electron chi connectivity index (χ3n) is 3.44. The minimum absolute atomic E-state index is 0.755. The summed E-state index contributed by atoms with van der Waals surface area (Å²) >= 11 is 0. The van der Waals surface area contributed by atoms with Crippen LogP contribution in [0.4, 0.5) is 0 Å². The van der Waals surface area contributed by atoms with E-state index in [0.29, 0.717) is 0 Å². The fraction of sp³-hybridized carbons (Fsp3) is 0.667. The molecule has 1 fully saturated rings. The first kappa shape index (κ1) is 14.2. The lowest BCUT2D eigenvalue weighted by molar-refractivity contribution is 0.231. The summed E-state index contributed by atoms with van der Waals surface area (Å²) in [7, 11) is 2.05. The number of nitrogens with one attached hydrogen (secondary N) is 1. The molecule has 0 bridgehead atoms. The topological polar surface area (TPSA) is 24.9 Å². The smallest absolute Gasteiger partial charge is 0.0406 e. The Hall–Kier alpha value is -0.890. The Bertz CT molecular complexity index is 299. The lowest BCUT2D eigenvalue weighted by Crippen LogP contribution is -2.39. The van der Waals surface area contributed by atoms with Crippen molar-refractivity contribution in [1.82, 2.24) is 10.3 Å².